The third kappa shape index (κ3) is 32.6. The fraction of sp³-hybridized carbons (Fsp3) is 0.649. The number of amides is 3. The van der Waals surface area contributed by atoms with Crippen LogP contribution in [0.5, 0.6) is 34.9 Å². The van der Waals surface area contributed by atoms with Gasteiger partial charge in [0.15, 0.2) is 15.5 Å². The Morgan fingerprint density at radius 1 is 0.481 bits per heavy atom. The highest BCUT2D eigenvalue weighted by Gasteiger charge is 2.55. The number of nitrogens with one attached hydrogen (secondary N) is 1. The Balaban J connectivity index is 0.000000381. The summed E-state index contributed by atoms with van der Waals surface area (Å²) in [7, 11) is 4.71. The van der Waals surface area contributed by atoms with Gasteiger partial charge in [0.05, 0.1) is 92.5 Å². The predicted molar refractivity (Wildman–Crippen MR) is 519 cm³/mol. The molecule has 133 heavy (non-hydrogen) atoms. The van der Waals surface area contributed by atoms with Crippen molar-refractivity contribution < 1.29 is 105 Å². The Labute approximate surface area is 802 Å². The molecule has 4 aliphatic heterocycles. The Kier molecular flexibility index (Phi) is 41.1. The minimum absolute atomic E-state index is 0. The molecule has 7 heterocycles. The Morgan fingerprint density at radius 2 is 0.850 bits per heavy atom. The predicted octanol–water partition coefficient (Wildman–Crippen LogP) is 17.0. The van der Waals surface area contributed by atoms with Crippen LogP contribution in [0.2, 0.25) is 15.5 Å². The summed E-state index contributed by atoms with van der Waals surface area (Å²) in [5, 5.41) is 13.5. The molecule has 3 aromatic heterocycles. The second-order valence-corrected chi connectivity index (χ2v) is 41.3. The lowest BCUT2D eigenvalue weighted by Crippen LogP contribution is -2.50. The first-order valence-corrected chi connectivity index (χ1v) is 44.8. The molecule has 2 N–H and O–H groups in total. The molecule has 1 saturated carbocycles. The number of aliphatic hydroxyl groups excluding tert-OH is 1. The van der Waals surface area contributed by atoms with Crippen molar-refractivity contribution in [3.8, 4) is 34.9 Å². The van der Waals surface area contributed by atoms with Crippen LogP contribution in [0.1, 0.15) is 234 Å². The van der Waals surface area contributed by atoms with Gasteiger partial charge in [0.25, 0.3) is 17.6 Å². The number of allylic oxidation sites excluding steroid dienone is 1. The fourth-order valence-electron chi connectivity index (χ4n) is 15.1. The van der Waals surface area contributed by atoms with Gasteiger partial charge < -0.3 is 76.9 Å². The van der Waals surface area contributed by atoms with Crippen LogP contribution in [0.25, 0.3) is 33.1 Å². The van der Waals surface area contributed by atoms with Gasteiger partial charge in [-0.15, -0.1) is 6.58 Å². The minimum Gasteiger partial charge on any atom is -0.497 e. The maximum absolute atomic E-state index is 14.4. The summed E-state index contributed by atoms with van der Waals surface area (Å²) >= 11 is 19.1. The van der Waals surface area contributed by atoms with Crippen molar-refractivity contribution in [2.75, 3.05) is 47.5 Å². The van der Waals surface area contributed by atoms with E-state index in [-0.39, 0.29) is 126 Å². The number of benzene rings is 3. The molecule has 32 nitrogen and oxygen atoms in total. The van der Waals surface area contributed by atoms with E-state index in [0.717, 1.165) is 25.7 Å². The zero-order valence-corrected chi connectivity index (χ0v) is 82.2. The number of esters is 5. The lowest BCUT2D eigenvalue weighted by atomic mass is 9.77. The molecular formula is C97H149BCl3N10O22-. The number of carbonyl (C=O) groups excluding carboxylic acids is 8. The van der Waals surface area contributed by atoms with Crippen molar-refractivity contribution in [3.63, 3.8) is 0 Å². The summed E-state index contributed by atoms with van der Waals surface area (Å²) in [5.74, 6) is -2.05. The third-order valence-electron chi connectivity index (χ3n) is 21.5. The zero-order valence-electron chi connectivity index (χ0n) is 79.9. The molecule has 0 bridgehead atoms. The Bertz CT molecular complexity index is 4980. The summed E-state index contributed by atoms with van der Waals surface area (Å²) in [5.41, 5.74) is -1.20. The van der Waals surface area contributed by atoms with Crippen molar-refractivity contribution in [1.29, 1.82) is 0 Å². The monoisotopic (exact) mass is 1920 g/mol. The van der Waals surface area contributed by atoms with Gasteiger partial charge in [0, 0.05) is 48.4 Å². The zero-order chi connectivity index (χ0) is 96.5. The number of likely N-dealkylation sites (tertiary alicyclic amines) is 3. The number of nitrogens with zero attached hydrogens (tertiary/aromatic N) is 9. The van der Waals surface area contributed by atoms with Crippen LogP contribution in [0.3, 0.4) is 0 Å². The van der Waals surface area contributed by atoms with Gasteiger partial charge in [-0.25, -0.2) is 53.9 Å². The topological polar surface area (TPSA) is 376 Å². The normalized spacial score (nSPS) is 22.4. The Hall–Kier alpha value is -9.57. The van der Waals surface area contributed by atoms with Crippen LogP contribution in [-0.2, 0) is 61.9 Å². The molecule has 0 unspecified atom stereocenters. The van der Waals surface area contributed by atoms with E-state index in [2.05, 4.69) is 41.8 Å². The highest BCUT2D eigenvalue weighted by molar-refractivity contribution is 6.31. The summed E-state index contributed by atoms with van der Waals surface area (Å²) in [6.07, 6.45) is 2.48. The first kappa shape index (κ1) is 116. The molecule has 15 atom stereocenters. The van der Waals surface area contributed by atoms with Crippen molar-refractivity contribution in [2.24, 2.45) is 40.9 Å². The van der Waals surface area contributed by atoms with Crippen molar-refractivity contribution in [3.05, 3.63) is 82.7 Å². The highest BCUT2D eigenvalue weighted by Crippen LogP contribution is 2.43. The number of fused-ring (bicyclic) bond motifs is 3. The van der Waals surface area contributed by atoms with Crippen LogP contribution >= 0.6 is 34.8 Å². The Morgan fingerprint density at radius 3 is 1.23 bits per heavy atom. The van der Waals surface area contributed by atoms with Gasteiger partial charge in [0.1, 0.15) is 99.4 Å². The molecule has 1 aliphatic carbocycles. The van der Waals surface area contributed by atoms with E-state index in [4.69, 9.17) is 96.4 Å². The third-order valence-corrected chi connectivity index (χ3v) is 22.2. The van der Waals surface area contributed by atoms with Crippen LogP contribution < -0.4 is 33.7 Å². The lowest BCUT2D eigenvalue weighted by molar-refractivity contribution is -0.167. The van der Waals surface area contributed by atoms with E-state index < -0.39 is 135 Å². The van der Waals surface area contributed by atoms with Crippen LogP contribution in [0, 0.1) is 40.9 Å². The maximum Gasteiger partial charge on any atom is 0.411 e. The van der Waals surface area contributed by atoms with Gasteiger partial charge >= 0.3 is 42.0 Å². The second kappa shape index (κ2) is 47.3. The number of unbranched alkanes of at least 4 members (excludes halogenated alkanes) is 1. The van der Waals surface area contributed by atoms with Gasteiger partial charge in [-0.05, 0) is 204 Å². The smallest absolute Gasteiger partial charge is 0.411 e. The van der Waals surface area contributed by atoms with Crippen LogP contribution in [-0.4, -0.2) is 242 Å². The van der Waals surface area contributed by atoms with E-state index in [9.17, 15) is 43.5 Å². The minimum atomic E-state index is -0.956. The number of aliphatic hydroxyl groups is 1. The average molecular weight is 1920 g/mol. The number of carbonyl (C=O) groups is 8. The van der Waals surface area contributed by atoms with Crippen LogP contribution in [0.4, 0.5) is 9.59 Å². The number of hydrogen-bond donors (Lipinski definition) is 2. The highest BCUT2D eigenvalue weighted by atomic mass is 35.5. The molecule has 6 aromatic rings. The number of rotatable bonds is 22. The van der Waals surface area contributed by atoms with Gasteiger partial charge in [-0.3, -0.25) is 24.2 Å². The number of aromatic nitrogens is 6. The van der Waals surface area contributed by atoms with Crippen molar-refractivity contribution in [1.82, 2.24) is 49.9 Å². The molecule has 5 aliphatic rings. The number of hydrogen-bond acceptors (Lipinski definition) is 29. The second-order valence-electron chi connectivity index (χ2n) is 40.2. The van der Waals surface area contributed by atoms with E-state index in [1.54, 1.807) is 187 Å². The van der Waals surface area contributed by atoms with Crippen molar-refractivity contribution in [2.45, 2.75) is 322 Å². The van der Waals surface area contributed by atoms with E-state index in [0.29, 0.717) is 69.2 Å². The van der Waals surface area contributed by atoms with E-state index in [1.807, 2.05) is 68.4 Å². The maximum atomic E-state index is 14.4. The SMILES string of the molecule is C.C.C.C=CCCC[C@@H]1C[C@H]1OC(=O)C[C@H](C(=O)N1C[C@H](Oc2nc3cc(OC)ccc3nc2Cl)[C@@H](C)[C@H]1C(=O)OC(C)(C)C)C(C)(C)C.CC[C@@H]1[C@@H](Oc2nc3cc(OC)ccc3nc2Cl)CN(C(=O)OC(C)(C)C)[C@@H]1C(=O)OC(C)(C)C.COc1ccc2nc(Cl)c(O[C@H]3CN[C@H](C(=O)OC(C)(C)C)[C@@H]3C)nc2c1.C[C@H]1[C@@H](C(=O)OC(C)(C)C)N(C(=O)OC(C)(C)C)C[C@@H]1O.[BH4-]. The first-order chi connectivity index (χ1) is 59.7. The first-order valence-electron chi connectivity index (χ1n) is 43.7. The summed E-state index contributed by atoms with van der Waals surface area (Å²) in [6, 6.07) is 12.7. The molecule has 3 aromatic carbocycles. The van der Waals surface area contributed by atoms with Crippen LogP contribution in [0.15, 0.2) is 67.3 Å². The van der Waals surface area contributed by atoms with Gasteiger partial charge in [-0.2, -0.15) is 0 Å². The molecule has 11 rings (SSSR count). The molecule has 0 spiro atoms. The molecule has 36 heteroatoms. The molecule has 3 amide bonds. The summed E-state index contributed by atoms with van der Waals surface area (Å²) in [6.45, 7) is 49.7. The van der Waals surface area contributed by atoms with Crippen molar-refractivity contribution >= 4 is 124 Å². The average Bonchev–Trinajstić information content (AvgIpc) is 1.62. The lowest BCUT2D eigenvalue weighted by Gasteiger charge is -2.35. The summed E-state index contributed by atoms with van der Waals surface area (Å²) < 4.78 is 73.2. The molecule has 744 valence electrons. The summed E-state index contributed by atoms with van der Waals surface area (Å²) in [4.78, 5) is 135. The number of β-amino-alcohol motifs (C(OH)–C–C–N with tert-alkyl or cyclic N) is 1. The standard InChI is InChI=1S/C35H48ClN3O7.C25H34ClN3O6.C19H24ClN3O4.C15H27NO5.3CH4.BH4/c1-10-11-12-13-21-16-26(21)44-28(40)18-23(34(3,4)5)32(41)39-19-27(20(2)29(39)33(42)46-35(6,7)8)45-31-30(36)37-24-15-14-22(43-9)17-25(24)38-31;1-9-15-18(33-21-20(26)27-16-11-10-14(32-8)12-17(16)28-21)13-29(23(31)35-25(5,6)7)19(15)22(30)34-24(2,3)4;1-10-14(9-21-15(10)18(24)27-19(2,3)4)26-17-16(20)22-12-7-6-11(25-5)8-13(12)23-17;1-9-10(17)8-16(13(19)21-15(5,6)7)11(9)12(18)20-14(2,3)4;;;;/h10,14-15,17,20-21,23,26-27,29H,1,11-13,16,18-19H2,2-9H3;10-12,15,18-19H,9,13H2,1-8H3;6-8,10,14-15,21H,9H2,1-5H3;9-11,17H,8H2,1-7H3;4*1H4/q;;;;;;;-1/t20-,21-,23-,26-,27+,29+;15-,18+,19+;10-,14+,15+;9-,10+,11+;;;;/m1111..../s1. The number of halogens is 3. The molecular weight excluding hydrogens is 1770 g/mol. The number of methoxy groups -OCH3 is 3. The molecule has 4 saturated heterocycles. The van der Waals surface area contributed by atoms with Gasteiger partial charge in [-0.1, -0.05) is 120 Å². The fourth-order valence-corrected chi connectivity index (χ4v) is 15.6. The number of ether oxygens (including phenoxy) is 13. The molecule has 0 radical (unpaired) electrons. The quantitative estimate of drug-likeness (QED) is 0.0209. The van der Waals surface area contributed by atoms with E-state index in [1.165, 1.54) is 14.7 Å². The largest absolute Gasteiger partial charge is 0.497 e. The molecule has 5 fully saturated rings. The van der Waals surface area contributed by atoms with Gasteiger partial charge in [0.2, 0.25) is 5.91 Å². The van der Waals surface area contributed by atoms with E-state index >= 15 is 0 Å².